The largest absolute Gasteiger partial charge is 0.454 e. The maximum atomic E-state index is 13.4. The zero-order valence-corrected chi connectivity index (χ0v) is 9.96. The van der Waals surface area contributed by atoms with E-state index in [1.165, 1.54) is 12.1 Å². The van der Waals surface area contributed by atoms with Gasteiger partial charge in [0.2, 0.25) is 0 Å². The van der Waals surface area contributed by atoms with Crippen LogP contribution in [0.25, 0.3) is 0 Å². The first-order chi connectivity index (χ1) is 8.86. The second kappa shape index (κ2) is 4.91. The van der Waals surface area contributed by atoms with Crippen LogP contribution in [0.4, 0.5) is 17.6 Å². The maximum absolute atomic E-state index is 13.4. The van der Waals surface area contributed by atoms with Gasteiger partial charge in [-0.3, -0.25) is 0 Å². The van der Waals surface area contributed by atoms with E-state index in [4.69, 9.17) is 4.74 Å². The number of ether oxygens (including phenoxy) is 1. The van der Waals surface area contributed by atoms with Gasteiger partial charge in [0.05, 0.1) is 5.56 Å². The molecule has 0 atom stereocenters. The SMILES string of the molecule is Cc1ccc(F)c(Oc2ccc(C(F)(F)F)cc2)c1. The minimum atomic E-state index is -4.40. The summed E-state index contributed by atoms with van der Waals surface area (Å²) in [4.78, 5) is 0. The minimum absolute atomic E-state index is 0.0141. The summed E-state index contributed by atoms with van der Waals surface area (Å²) in [5.74, 6) is -0.428. The van der Waals surface area contributed by atoms with Crippen LogP contribution >= 0.6 is 0 Å². The summed E-state index contributed by atoms with van der Waals surface area (Å²) >= 11 is 0. The highest BCUT2D eigenvalue weighted by Crippen LogP contribution is 2.32. The highest BCUT2D eigenvalue weighted by Gasteiger charge is 2.30. The lowest BCUT2D eigenvalue weighted by molar-refractivity contribution is -0.137. The summed E-state index contributed by atoms with van der Waals surface area (Å²) in [6.45, 7) is 1.76. The Bertz CT molecular complexity index is 573. The first-order valence-corrected chi connectivity index (χ1v) is 5.47. The first-order valence-electron chi connectivity index (χ1n) is 5.47. The normalized spacial score (nSPS) is 11.4. The molecule has 2 aromatic carbocycles. The van der Waals surface area contributed by atoms with Crippen molar-refractivity contribution in [3.05, 3.63) is 59.4 Å². The van der Waals surface area contributed by atoms with Crippen molar-refractivity contribution >= 4 is 0 Å². The van der Waals surface area contributed by atoms with Crippen molar-refractivity contribution in [2.75, 3.05) is 0 Å². The maximum Gasteiger partial charge on any atom is 0.416 e. The minimum Gasteiger partial charge on any atom is -0.454 e. The average Bonchev–Trinajstić information content (AvgIpc) is 2.33. The van der Waals surface area contributed by atoms with Crippen molar-refractivity contribution in [1.82, 2.24) is 0 Å². The lowest BCUT2D eigenvalue weighted by Gasteiger charge is -2.10. The van der Waals surface area contributed by atoms with E-state index in [1.54, 1.807) is 13.0 Å². The van der Waals surface area contributed by atoms with Crippen LogP contribution in [0.1, 0.15) is 11.1 Å². The number of rotatable bonds is 2. The van der Waals surface area contributed by atoms with Crippen LogP contribution in [0.3, 0.4) is 0 Å². The third-order valence-electron chi connectivity index (χ3n) is 2.50. The number of aryl methyl sites for hydroxylation is 1. The molecule has 0 amide bonds. The van der Waals surface area contributed by atoms with E-state index >= 15 is 0 Å². The van der Waals surface area contributed by atoms with Crippen LogP contribution in [0.15, 0.2) is 42.5 Å². The molecule has 0 aromatic heterocycles. The van der Waals surface area contributed by atoms with Gasteiger partial charge in [-0.1, -0.05) is 6.07 Å². The van der Waals surface area contributed by atoms with E-state index < -0.39 is 17.6 Å². The Morgan fingerprint density at radius 3 is 2.16 bits per heavy atom. The number of alkyl halides is 3. The van der Waals surface area contributed by atoms with E-state index in [-0.39, 0.29) is 11.5 Å². The van der Waals surface area contributed by atoms with E-state index in [0.717, 1.165) is 29.8 Å². The molecule has 100 valence electrons. The summed E-state index contributed by atoms with van der Waals surface area (Å²) in [7, 11) is 0. The van der Waals surface area contributed by atoms with Gasteiger partial charge in [-0.05, 0) is 48.9 Å². The fraction of sp³-hybridized carbons (Fsp3) is 0.143. The summed E-state index contributed by atoms with van der Waals surface area (Å²) in [6.07, 6.45) is -4.40. The lowest BCUT2D eigenvalue weighted by Crippen LogP contribution is -2.04. The Labute approximate surface area is 107 Å². The summed E-state index contributed by atoms with van der Waals surface area (Å²) < 4.78 is 55.7. The molecule has 0 radical (unpaired) electrons. The van der Waals surface area contributed by atoms with E-state index in [9.17, 15) is 17.6 Å². The molecule has 2 rings (SSSR count). The molecule has 0 saturated carbocycles. The molecule has 1 nitrogen and oxygen atoms in total. The molecule has 19 heavy (non-hydrogen) atoms. The van der Waals surface area contributed by atoms with E-state index in [1.807, 2.05) is 0 Å². The van der Waals surface area contributed by atoms with Crippen LogP contribution in [0, 0.1) is 12.7 Å². The van der Waals surface area contributed by atoms with Crippen molar-refractivity contribution in [3.8, 4) is 11.5 Å². The Morgan fingerprint density at radius 1 is 0.947 bits per heavy atom. The zero-order valence-electron chi connectivity index (χ0n) is 9.96. The van der Waals surface area contributed by atoms with Crippen molar-refractivity contribution in [1.29, 1.82) is 0 Å². The molecule has 0 aliphatic carbocycles. The molecule has 0 unspecified atom stereocenters. The van der Waals surface area contributed by atoms with Gasteiger partial charge in [-0.2, -0.15) is 13.2 Å². The molecule has 0 heterocycles. The van der Waals surface area contributed by atoms with E-state index in [0.29, 0.717) is 0 Å². The van der Waals surface area contributed by atoms with Gasteiger partial charge < -0.3 is 4.74 Å². The van der Waals surface area contributed by atoms with Gasteiger partial charge >= 0.3 is 6.18 Å². The first kappa shape index (κ1) is 13.4. The molecule has 0 bridgehead atoms. The number of halogens is 4. The molecule has 0 aliphatic heterocycles. The molecular weight excluding hydrogens is 260 g/mol. The molecule has 0 aliphatic rings. The van der Waals surface area contributed by atoms with Crippen LogP contribution < -0.4 is 4.74 Å². The molecule has 0 spiro atoms. The smallest absolute Gasteiger partial charge is 0.416 e. The molecule has 0 fully saturated rings. The summed E-state index contributed by atoms with van der Waals surface area (Å²) in [6, 6.07) is 8.40. The second-order valence-electron chi connectivity index (χ2n) is 4.06. The Kier molecular flexibility index (Phi) is 3.46. The number of hydrogen-bond acceptors (Lipinski definition) is 1. The zero-order chi connectivity index (χ0) is 14.0. The highest BCUT2D eigenvalue weighted by molar-refractivity contribution is 5.36. The quantitative estimate of drug-likeness (QED) is 0.702. The Hall–Kier alpha value is -2.04. The topological polar surface area (TPSA) is 9.23 Å². The van der Waals surface area contributed by atoms with Crippen LogP contribution in [0.5, 0.6) is 11.5 Å². The van der Waals surface area contributed by atoms with Gasteiger partial charge in [0, 0.05) is 0 Å². The predicted octanol–water partition coefficient (Wildman–Crippen LogP) is 4.95. The van der Waals surface area contributed by atoms with Gasteiger partial charge in [0.25, 0.3) is 0 Å². The fourth-order valence-corrected chi connectivity index (χ4v) is 1.53. The van der Waals surface area contributed by atoms with Gasteiger partial charge in [0.1, 0.15) is 5.75 Å². The molecule has 0 N–H and O–H groups in total. The van der Waals surface area contributed by atoms with Crippen molar-refractivity contribution in [2.24, 2.45) is 0 Å². The molecular formula is C14H10F4O. The Balaban J connectivity index is 2.22. The van der Waals surface area contributed by atoms with Crippen LogP contribution in [-0.2, 0) is 6.18 Å². The molecule has 5 heteroatoms. The standard InChI is InChI=1S/C14H10F4O/c1-9-2-7-12(15)13(8-9)19-11-5-3-10(4-6-11)14(16,17)18/h2-8H,1H3. The summed E-state index contributed by atoms with van der Waals surface area (Å²) in [5.41, 5.74) is 0.0212. The van der Waals surface area contributed by atoms with Crippen molar-refractivity contribution in [2.45, 2.75) is 13.1 Å². The van der Waals surface area contributed by atoms with Gasteiger partial charge in [-0.25, -0.2) is 4.39 Å². The highest BCUT2D eigenvalue weighted by atomic mass is 19.4. The summed E-state index contributed by atoms with van der Waals surface area (Å²) in [5, 5.41) is 0. The predicted molar refractivity (Wildman–Crippen MR) is 62.7 cm³/mol. The fourth-order valence-electron chi connectivity index (χ4n) is 1.53. The van der Waals surface area contributed by atoms with Crippen LogP contribution in [0.2, 0.25) is 0 Å². The number of benzene rings is 2. The second-order valence-corrected chi connectivity index (χ2v) is 4.06. The third kappa shape index (κ3) is 3.24. The number of hydrogen-bond donors (Lipinski definition) is 0. The lowest BCUT2D eigenvalue weighted by atomic mass is 10.2. The van der Waals surface area contributed by atoms with Gasteiger partial charge in [-0.15, -0.1) is 0 Å². The van der Waals surface area contributed by atoms with Crippen molar-refractivity contribution < 1.29 is 22.3 Å². The third-order valence-corrected chi connectivity index (χ3v) is 2.50. The van der Waals surface area contributed by atoms with Gasteiger partial charge in [0.15, 0.2) is 11.6 Å². The molecule has 2 aromatic rings. The Morgan fingerprint density at radius 2 is 1.58 bits per heavy atom. The van der Waals surface area contributed by atoms with E-state index in [2.05, 4.69) is 0 Å². The monoisotopic (exact) mass is 270 g/mol. The average molecular weight is 270 g/mol. The van der Waals surface area contributed by atoms with Crippen molar-refractivity contribution in [3.63, 3.8) is 0 Å². The van der Waals surface area contributed by atoms with Crippen LogP contribution in [-0.4, -0.2) is 0 Å². The molecule has 0 saturated heterocycles.